The molecule has 2 rings (SSSR count). The Morgan fingerprint density at radius 1 is 1.14 bits per heavy atom. The van der Waals surface area contributed by atoms with Crippen LogP contribution in [-0.2, 0) is 10.0 Å². The predicted molar refractivity (Wildman–Crippen MR) is 92.1 cm³/mol. The van der Waals surface area contributed by atoms with E-state index in [4.69, 9.17) is 11.6 Å². The van der Waals surface area contributed by atoms with Crippen molar-refractivity contribution in [2.45, 2.75) is 18.7 Å². The lowest BCUT2D eigenvalue weighted by Gasteiger charge is -2.23. The molecule has 0 unspecified atom stereocenters. The fourth-order valence-electron chi connectivity index (χ4n) is 2.03. The van der Waals surface area contributed by atoms with Crippen molar-refractivity contribution in [3.63, 3.8) is 0 Å². The van der Waals surface area contributed by atoms with Crippen LogP contribution in [0.4, 0.5) is 5.69 Å². The fourth-order valence-corrected chi connectivity index (χ4v) is 3.64. The number of anilines is 1. The highest BCUT2D eigenvalue weighted by molar-refractivity contribution is 7.92. The van der Waals surface area contributed by atoms with Crippen molar-refractivity contribution >= 4 is 27.3 Å². The minimum absolute atomic E-state index is 0.176. The summed E-state index contributed by atoms with van der Waals surface area (Å²) in [6.07, 6.45) is 1.56. The summed E-state index contributed by atoms with van der Waals surface area (Å²) in [6, 6.07) is 12.0. The second-order valence-electron chi connectivity index (χ2n) is 5.07. The molecule has 0 atom stereocenters. The molecule has 0 aliphatic heterocycles. The highest BCUT2D eigenvalue weighted by Gasteiger charge is 2.24. The molecular weight excluding hydrogens is 318 g/mol. The lowest BCUT2D eigenvalue weighted by Crippen LogP contribution is -2.31. The summed E-state index contributed by atoms with van der Waals surface area (Å²) < 4.78 is 27.0. The topological polar surface area (TPSA) is 37.4 Å². The van der Waals surface area contributed by atoms with Crippen molar-refractivity contribution in [3.05, 3.63) is 71.3 Å². The zero-order valence-corrected chi connectivity index (χ0v) is 14.2. The summed E-state index contributed by atoms with van der Waals surface area (Å²) in [4.78, 5) is 0.247. The van der Waals surface area contributed by atoms with Gasteiger partial charge in [0, 0.05) is 5.02 Å². The summed E-state index contributed by atoms with van der Waals surface area (Å²) in [7, 11) is -3.66. The molecule has 0 saturated carbocycles. The van der Waals surface area contributed by atoms with Crippen LogP contribution < -0.4 is 4.31 Å². The second-order valence-corrected chi connectivity index (χ2v) is 7.34. The standard InChI is InChI=1S/C17H18ClNO2S/c1-4-11-19(15-8-7-14(3)17(18)12-15)22(20,21)16-9-5-13(2)6-10-16/h4-10,12H,1,11H2,2-3H3. The monoisotopic (exact) mass is 335 g/mol. The summed E-state index contributed by atoms with van der Waals surface area (Å²) >= 11 is 6.13. The van der Waals surface area contributed by atoms with Crippen LogP contribution >= 0.6 is 11.6 Å². The third-order valence-corrected chi connectivity index (χ3v) is 5.56. The molecule has 0 heterocycles. The van der Waals surface area contributed by atoms with Gasteiger partial charge in [0.25, 0.3) is 10.0 Å². The first-order chi connectivity index (χ1) is 10.4. The fraction of sp³-hybridized carbons (Fsp3) is 0.176. The van der Waals surface area contributed by atoms with Gasteiger partial charge in [-0.2, -0.15) is 0 Å². The first-order valence-electron chi connectivity index (χ1n) is 6.82. The van der Waals surface area contributed by atoms with Gasteiger partial charge in [-0.1, -0.05) is 41.4 Å². The molecule has 0 saturated heterocycles. The highest BCUT2D eigenvalue weighted by Crippen LogP contribution is 2.28. The van der Waals surface area contributed by atoms with Crippen molar-refractivity contribution in [1.82, 2.24) is 0 Å². The zero-order valence-electron chi connectivity index (χ0n) is 12.6. The van der Waals surface area contributed by atoms with Crippen molar-refractivity contribution < 1.29 is 8.42 Å². The van der Waals surface area contributed by atoms with Gasteiger partial charge in [0.2, 0.25) is 0 Å². The molecule has 0 N–H and O–H groups in total. The van der Waals surface area contributed by atoms with Gasteiger partial charge in [-0.3, -0.25) is 4.31 Å². The number of benzene rings is 2. The Hall–Kier alpha value is -1.78. The minimum atomic E-state index is -3.66. The van der Waals surface area contributed by atoms with Crippen LogP contribution in [0.3, 0.4) is 0 Å². The molecule has 22 heavy (non-hydrogen) atoms. The van der Waals surface area contributed by atoms with Crippen LogP contribution in [-0.4, -0.2) is 15.0 Å². The summed E-state index contributed by atoms with van der Waals surface area (Å²) in [5.74, 6) is 0. The molecule has 2 aromatic carbocycles. The van der Waals surface area contributed by atoms with Crippen molar-refractivity contribution in [2.24, 2.45) is 0 Å². The van der Waals surface area contributed by atoms with Gasteiger partial charge in [-0.05, 0) is 43.7 Å². The molecule has 0 aliphatic carbocycles. The van der Waals surface area contributed by atoms with Gasteiger partial charge in [-0.25, -0.2) is 8.42 Å². The van der Waals surface area contributed by atoms with Crippen LogP contribution in [0.1, 0.15) is 11.1 Å². The molecule has 0 bridgehead atoms. The molecule has 2 aromatic rings. The third-order valence-electron chi connectivity index (χ3n) is 3.35. The van der Waals surface area contributed by atoms with Crippen LogP contribution in [0.25, 0.3) is 0 Å². The summed E-state index contributed by atoms with van der Waals surface area (Å²) in [5, 5.41) is 0.533. The maximum absolute atomic E-state index is 12.9. The number of aryl methyl sites for hydroxylation is 2. The van der Waals surface area contributed by atoms with E-state index in [1.165, 1.54) is 4.31 Å². The van der Waals surface area contributed by atoms with Crippen LogP contribution in [0.5, 0.6) is 0 Å². The highest BCUT2D eigenvalue weighted by atomic mass is 35.5. The van der Waals surface area contributed by atoms with E-state index in [0.29, 0.717) is 10.7 Å². The van der Waals surface area contributed by atoms with Crippen LogP contribution in [0.15, 0.2) is 60.0 Å². The van der Waals surface area contributed by atoms with E-state index in [2.05, 4.69) is 6.58 Å². The van der Waals surface area contributed by atoms with Gasteiger partial charge in [-0.15, -0.1) is 6.58 Å². The van der Waals surface area contributed by atoms with E-state index in [1.807, 2.05) is 13.8 Å². The largest absolute Gasteiger partial charge is 0.264 e. The Bertz CT molecular complexity index is 783. The van der Waals surface area contributed by atoms with Crippen molar-refractivity contribution in [1.29, 1.82) is 0 Å². The smallest absolute Gasteiger partial charge is 0.262 e. The summed E-state index contributed by atoms with van der Waals surface area (Å²) in [5.41, 5.74) is 2.43. The molecule has 3 nitrogen and oxygen atoms in total. The first-order valence-corrected chi connectivity index (χ1v) is 8.64. The molecule has 0 aliphatic rings. The number of hydrogen-bond acceptors (Lipinski definition) is 2. The van der Waals surface area contributed by atoms with Gasteiger partial charge in [0.1, 0.15) is 0 Å². The molecule has 0 fully saturated rings. The molecule has 5 heteroatoms. The zero-order chi connectivity index (χ0) is 16.3. The Morgan fingerprint density at radius 2 is 1.77 bits per heavy atom. The quantitative estimate of drug-likeness (QED) is 0.762. The number of rotatable bonds is 5. The minimum Gasteiger partial charge on any atom is -0.262 e. The van der Waals surface area contributed by atoms with Gasteiger partial charge in [0.05, 0.1) is 17.1 Å². The lowest BCUT2D eigenvalue weighted by molar-refractivity contribution is 0.593. The molecular formula is C17H18ClNO2S. The van der Waals surface area contributed by atoms with Crippen molar-refractivity contribution in [3.8, 4) is 0 Å². The SMILES string of the molecule is C=CCN(c1ccc(C)c(Cl)c1)S(=O)(=O)c1ccc(C)cc1. The average Bonchev–Trinajstić information content (AvgIpc) is 2.48. The third kappa shape index (κ3) is 3.34. The molecule has 116 valence electrons. The van der Waals surface area contributed by atoms with Crippen molar-refractivity contribution in [2.75, 3.05) is 10.8 Å². The van der Waals surface area contributed by atoms with Gasteiger partial charge >= 0.3 is 0 Å². The van der Waals surface area contributed by atoms with E-state index in [1.54, 1.807) is 48.5 Å². The van der Waals surface area contributed by atoms with Crippen LogP contribution in [0, 0.1) is 13.8 Å². The Labute approximate surface area is 136 Å². The number of sulfonamides is 1. The van der Waals surface area contributed by atoms with Gasteiger partial charge < -0.3 is 0 Å². The molecule has 0 amide bonds. The Kier molecular flexibility index (Phi) is 4.94. The van der Waals surface area contributed by atoms with Crippen LogP contribution in [0.2, 0.25) is 5.02 Å². The Balaban J connectivity index is 2.52. The van der Waals surface area contributed by atoms with E-state index < -0.39 is 10.0 Å². The predicted octanol–water partition coefficient (Wildman–Crippen LogP) is 4.34. The maximum Gasteiger partial charge on any atom is 0.264 e. The Morgan fingerprint density at radius 3 is 2.32 bits per heavy atom. The molecule has 0 aromatic heterocycles. The number of halogens is 1. The van der Waals surface area contributed by atoms with Gasteiger partial charge in [0.15, 0.2) is 0 Å². The first kappa shape index (κ1) is 16.6. The maximum atomic E-state index is 12.9. The summed E-state index contributed by atoms with van der Waals surface area (Å²) in [6.45, 7) is 7.61. The van der Waals surface area contributed by atoms with E-state index >= 15 is 0 Å². The molecule has 0 spiro atoms. The number of hydrogen-bond donors (Lipinski definition) is 0. The second kappa shape index (κ2) is 6.55. The van der Waals surface area contributed by atoms with E-state index in [-0.39, 0.29) is 11.4 Å². The molecule has 0 radical (unpaired) electrons. The number of nitrogens with zero attached hydrogens (tertiary/aromatic N) is 1. The van der Waals surface area contributed by atoms with E-state index in [0.717, 1.165) is 11.1 Å². The normalized spacial score (nSPS) is 11.2. The van der Waals surface area contributed by atoms with E-state index in [9.17, 15) is 8.42 Å². The average molecular weight is 336 g/mol. The lowest BCUT2D eigenvalue weighted by atomic mass is 10.2.